The minimum Gasteiger partial charge on any atom is -0.255 e. The Morgan fingerprint density at radius 3 is 2.09 bits per heavy atom. The number of pyridine rings is 5. The highest BCUT2D eigenvalue weighted by Crippen LogP contribution is 2.37. The summed E-state index contributed by atoms with van der Waals surface area (Å²) >= 11 is 0. The van der Waals surface area contributed by atoms with Crippen molar-refractivity contribution in [1.29, 1.82) is 0 Å². The average molecular weight is 562 g/mol. The molecular formula is C39H23N5. The first-order valence-electron chi connectivity index (χ1n) is 14.6. The van der Waals surface area contributed by atoms with Gasteiger partial charge in [0.05, 0.1) is 44.7 Å². The van der Waals surface area contributed by atoms with Crippen LogP contribution in [-0.2, 0) is 0 Å². The highest BCUT2D eigenvalue weighted by Gasteiger charge is 2.15. The maximum atomic E-state index is 5.19. The average Bonchev–Trinajstić information content (AvgIpc) is 3.10. The van der Waals surface area contributed by atoms with Gasteiger partial charge in [-0.1, -0.05) is 72.8 Å². The van der Waals surface area contributed by atoms with E-state index in [1.54, 1.807) is 6.20 Å². The molecule has 0 spiro atoms. The number of rotatable bonds is 3. The molecule has 0 aliphatic carbocycles. The van der Waals surface area contributed by atoms with Gasteiger partial charge in [-0.05, 0) is 65.7 Å². The second-order valence-corrected chi connectivity index (χ2v) is 11.0. The predicted octanol–water partition coefficient (Wildman–Crippen LogP) is 9.43. The standard InChI is InChI=1S/C39H23N5/c1-2-8-32-29(7-1)37(30-16-12-25-6-5-21-41-38(25)39(30)44-32)35-19-15-28-22-26(14-17-31(28)42-35)27-11-10-24-13-18-34(43-36(24)23-27)33-9-3-4-20-40-33/h1-23H. The zero-order valence-electron chi connectivity index (χ0n) is 23.5. The van der Waals surface area contributed by atoms with E-state index in [0.717, 1.165) is 88.3 Å². The molecule has 9 aromatic rings. The summed E-state index contributed by atoms with van der Waals surface area (Å²) < 4.78 is 0. The van der Waals surface area contributed by atoms with Crippen molar-refractivity contribution in [3.05, 3.63) is 140 Å². The van der Waals surface area contributed by atoms with Gasteiger partial charge in [0, 0.05) is 44.9 Å². The van der Waals surface area contributed by atoms with Crippen molar-refractivity contribution in [1.82, 2.24) is 24.9 Å². The molecule has 0 amide bonds. The molecule has 4 aromatic carbocycles. The van der Waals surface area contributed by atoms with Crippen molar-refractivity contribution >= 4 is 54.5 Å². The summed E-state index contributed by atoms with van der Waals surface area (Å²) in [6.07, 6.45) is 3.63. The molecule has 0 unspecified atom stereocenters. The third-order valence-electron chi connectivity index (χ3n) is 8.32. The Morgan fingerprint density at radius 2 is 1.14 bits per heavy atom. The molecule has 5 heteroatoms. The van der Waals surface area contributed by atoms with E-state index in [-0.39, 0.29) is 0 Å². The zero-order valence-corrected chi connectivity index (χ0v) is 23.5. The molecule has 44 heavy (non-hydrogen) atoms. The minimum atomic E-state index is 0.866. The fourth-order valence-electron chi connectivity index (χ4n) is 6.17. The number of hydrogen-bond acceptors (Lipinski definition) is 5. The maximum Gasteiger partial charge on any atom is 0.0979 e. The Hall–Kier alpha value is -6.07. The van der Waals surface area contributed by atoms with E-state index in [9.17, 15) is 0 Å². The number of nitrogens with zero attached hydrogens (tertiary/aromatic N) is 5. The first kappa shape index (κ1) is 24.5. The molecule has 0 saturated heterocycles. The summed E-state index contributed by atoms with van der Waals surface area (Å²) in [4.78, 5) is 24.3. The van der Waals surface area contributed by atoms with Gasteiger partial charge < -0.3 is 0 Å². The highest BCUT2D eigenvalue weighted by atomic mass is 14.8. The van der Waals surface area contributed by atoms with Crippen LogP contribution in [0.5, 0.6) is 0 Å². The highest BCUT2D eigenvalue weighted by molar-refractivity contribution is 6.15. The second kappa shape index (κ2) is 9.75. The van der Waals surface area contributed by atoms with Gasteiger partial charge in [0.25, 0.3) is 0 Å². The summed E-state index contributed by atoms with van der Waals surface area (Å²) in [5.74, 6) is 0. The van der Waals surface area contributed by atoms with Crippen LogP contribution in [0, 0.1) is 0 Å². The summed E-state index contributed by atoms with van der Waals surface area (Å²) in [6.45, 7) is 0. The van der Waals surface area contributed by atoms with Gasteiger partial charge in [0.2, 0.25) is 0 Å². The monoisotopic (exact) mass is 561 g/mol. The number of para-hydroxylation sites is 1. The van der Waals surface area contributed by atoms with Gasteiger partial charge in [0.15, 0.2) is 0 Å². The normalized spacial score (nSPS) is 11.6. The lowest BCUT2D eigenvalue weighted by molar-refractivity contribution is 1.28. The first-order chi connectivity index (χ1) is 21.8. The third-order valence-corrected chi connectivity index (χ3v) is 8.32. The number of benzene rings is 4. The van der Waals surface area contributed by atoms with E-state index in [1.807, 2.05) is 42.6 Å². The number of aromatic nitrogens is 5. The quantitative estimate of drug-likeness (QED) is 0.159. The molecule has 0 saturated carbocycles. The van der Waals surface area contributed by atoms with E-state index >= 15 is 0 Å². The van der Waals surface area contributed by atoms with Crippen LogP contribution in [0.25, 0.3) is 88.3 Å². The first-order valence-corrected chi connectivity index (χ1v) is 14.6. The van der Waals surface area contributed by atoms with Crippen LogP contribution in [0.15, 0.2) is 140 Å². The molecular weight excluding hydrogens is 538 g/mol. The van der Waals surface area contributed by atoms with E-state index in [1.165, 1.54) is 0 Å². The molecule has 0 aliphatic rings. The molecule has 5 aromatic heterocycles. The minimum absolute atomic E-state index is 0.866. The molecule has 0 bridgehead atoms. The predicted molar refractivity (Wildman–Crippen MR) is 179 cm³/mol. The van der Waals surface area contributed by atoms with Gasteiger partial charge in [-0.25, -0.2) is 15.0 Å². The van der Waals surface area contributed by atoms with E-state index in [4.69, 9.17) is 15.0 Å². The van der Waals surface area contributed by atoms with Crippen molar-refractivity contribution < 1.29 is 0 Å². The molecule has 9 rings (SSSR count). The van der Waals surface area contributed by atoms with Gasteiger partial charge in [0.1, 0.15) is 0 Å². The van der Waals surface area contributed by atoms with Crippen molar-refractivity contribution in [2.45, 2.75) is 0 Å². The fourth-order valence-corrected chi connectivity index (χ4v) is 6.17. The Bertz CT molecular complexity index is 2560. The third kappa shape index (κ3) is 3.98. The molecule has 0 radical (unpaired) electrons. The summed E-state index contributed by atoms with van der Waals surface area (Å²) in [5.41, 5.74) is 10.6. The largest absolute Gasteiger partial charge is 0.255 e. The van der Waals surface area contributed by atoms with Crippen molar-refractivity contribution in [3.63, 3.8) is 0 Å². The maximum absolute atomic E-state index is 5.19. The smallest absolute Gasteiger partial charge is 0.0979 e. The molecule has 5 heterocycles. The van der Waals surface area contributed by atoms with E-state index < -0.39 is 0 Å². The van der Waals surface area contributed by atoms with Gasteiger partial charge >= 0.3 is 0 Å². The summed E-state index contributed by atoms with van der Waals surface area (Å²) in [5, 5.41) is 5.38. The molecule has 5 nitrogen and oxygen atoms in total. The van der Waals surface area contributed by atoms with Crippen molar-refractivity contribution in [3.8, 4) is 33.8 Å². The van der Waals surface area contributed by atoms with Crippen LogP contribution < -0.4 is 0 Å². The Kier molecular flexibility index (Phi) is 5.43. The Labute approximate surface area is 252 Å². The molecule has 0 N–H and O–H groups in total. The van der Waals surface area contributed by atoms with Crippen LogP contribution in [0.2, 0.25) is 0 Å². The van der Waals surface area contributed by atoms with Crippen LogP contribution in [-0.4, -0.2) is 24.9 Å². The van der Waals surface area contributed by atoms with Gasteiger partial charge in [-0.3, -0.25) is 9.97 Å². The van der Waals surface area contributed by atoms with E-state index in [2.05, 4.69) is 101 Å². The molecule has 0 aliphatic heterocycles. The zero-order chi connectivity index (χ0) is 29.0. The number of hydrogen-bond donors (Lipinski definition) is 0. The fraction of sp³-hybridized carbons (Fsp3) is 0. The lowest BCUT2D eigenvalue weighted by Gasteiger charge is -2.13. The van der Waals surface area contributed by atoms with Gasteiger partial charge in [-0.2, -0.15) is 0 Å². The Morgan fingerprint density at radius 1 is 0.364 bits per heavy atom. The Balaban J connectivity index is 1.17. The van der Waals surface area contributed by atoms with Crippen LogP contribution >= 0.6 is 0 Å². The second-order valence-electron chi connectivity index (χ2n) is 11.0. The van der Waals surface area contributed by atoms with E-state index in [0.29, 0.717) is 0 Å². The molecule has 0 fully saturated rings. The summed E-state index contributed by atoms with van der Waals surface area (Å²) in [6, 6.07) is 43.8. The van der Waals surface area contributed by atoms with Gasteiger partial charge in [-0.15, -0.1) is 0 Å². The van der Waals surface area contributed by atoms with Crippen molar-refractivity contribution in [2.75, 3.05) is 0 Å². The summed E-state index contributed by atoms with van der Waals surface area (Å²) in [7, 11) is 0. The lowest BCUT2D eigenvalue weighted by Crippen LogP contribution is -1.93. The van der Waals surface area contributed by atoms with Crippen LogP contribution in [0.3, 0.4) is 0 Å². The van der Waals surface area contributed by atoms with Crippen molar-refractivity contribution in [2.24, 2.45) is 0 Å². The topological polar surface area (TPSA) is 64.5 Å². The van der Waals surface area contributed by atoms with Crippen LogP contribution in [0.4, 0.5) is 0 Å². The molecule has 0 atom stereocenters. The SMILES string of the molecule is c1ccc(-c2ccc3ccc(-c4ccc5nc(-c6c7ccccc7nc7c6ccc6cccnc67)ccc5c4)cc3n2)nc1. The molecule has 204 valence electrons. The van der Waals surface area contributed by atoms with Crippen LogP contribution in [0.1, 0.15) is 0 Å². The lowest BCUT2D eigenvalue weighted by atomic mass is 9.97. The number of fused-ring (bicyclic) bond motifs is 6.